The molecule has 4 N–H and O–H groups in total. The van der Waals surface area contributed by atoms with Gasteiger partial charge in [0.2, 0.25) is 0 Å². The standard InChI is InChI=1S/C6H15N3/c1-6(2)5-9(8)4-3-7/h3-4,6H,5,7-8H2,1-2H3/b4-3-. The first-order valence-corrected chi connectivity index (χ1v) is 3.06. The van der Waals surface area contributed by atoms with Crippen LogP contribution in [-0.2, 0) is 0 Å². The zero-order valence-electron chi connectivity index (χ0n) is 6.04. The minimum absolute atomic E-state index is 0.575. The Hall–Kier alpha value is -0.700. The van der Waals surface area contributed by atoms with Gasteiger partial charge in [-0.3, -0.25) is 0 Å². The van der Waals surface area contributed by atoms with E-state index in [0.29, 0.717) is 5.92 Å². The van der Waals surface area contributed by atoms with Gasteiger partial charge in [-0.15, -0.1) is 0 Å². The molecule has 0 radical (unpaired) electrons. The minimum atomic E-state index is 0.575. The number of hydrazine groups is 1. The van der Waals surface area contributed by atoms with Gasteiger partial charge in [-0.2, -0.15) is 0 Å². The summed E-state index contributed by atoms with van der Waals surface area (Å²) in [5, 5.41) is 1.57. The SMILES string of the molecule is CC(C)CN(N)/C=C\N. The smallest absolute Gasteiger partial charge is 0.0358 e. The van der Waals surface area contributed by atoms with E-state index in [0.717, 1.165) is 6.54 Å². The Morgan fingerprint density at radius 3 is 2.44 bits per heavy atom. The summed E-state index contributed by atoms with van der Waals surface area (Å²) in [5.74, 6) is 6.03. The highest BCUT2D eigenvalue weighted by molar-refractivity contribution is 4.73. The van der Waals surface area contributed by atoms with Crippen molar-refractivity contribution < 1.29 is 0 Å². The lowest BCUT2D eigenvalue weighted by Gasteiger charge is -2.14. The molecule has 0 aliphatic rings. The molecule has 0 unspecified atom stereocenters. The summed E-state index contributed by atoms with van der Waals surface area (Å²) in [6, 6.07) is 0. The van der Waals surface area contributed by atoms with Crippen LogP contribution in [0.15, 0.2) is 12.4 Å². The Morgan fingerprint density at radius 2 is 2.11 bits per heavy atom. The van der Waals surface area contributed by atoms with Gasteiger partial charge in [-0.1, -0.05) is 13.8 Å². The molecule has 54 valence electrons. The summed E-state index contributed by atoms with van der Waals surface area (Å²) in [4.78, 5) is 0. The van der Waals surface area contributed by atoms with E-state index >= 15 is 0 Å². The van der Waals surface area contributed by atoms with Crippen molar-refractivity contribution in [3.63, 3.8) is 0 Å². The Bertz CT molecular complexity index is 88.3. The van der Waals surface area contributed by atoms with Crippen LogP contribution in [-0.4, -0.2) is 11.6 Å². The molecule has 3 heteroatoms. The molecule has 0 amide bonds. The summed E-state index contributed by atoms with van der Waals surface area (Å²) in [6.07, 6.45) is 3.09. The van der Waals surface area contributed by atoms with Gasteiger partial charge in [-0.25, -0.2) is 5.84 Å². The van der Waals surface area contributed by atoms with Gasteiger partial charge < -0.3 is 10.7 Å². The molecule has 0 rings (SSSR count). The number of nitrogens with zero attached hydrogens (tertiary/aromatic N) is 1. The van der Waals surface area contributed by atoms with Crippen molar-refractivity contribution in [1.82, 2.24) is 5.01 Å². The van der Waals surface area contributed by atoms with Gasteiger partial charge in [0.25, 0.3) is 0 Å². The van der Waals surface area contributed by atoms with Crippen molar-refractivity contribution in [2.45, 2.75) is 13.8 Å². The zero-order chi connectivity index (χ0) is 7.28. The fourth-order valence-corrected chi connectivity index (χ4v) is 0.593. The van der Waals surface area contributed by atoms with Gasteiger partial charge in [0.15, 0.2) is 0 Å². The Labute approximate surface area is 56.3 Å². The number of rotatable bonds is 3. The maximum Gasteiger partial charge on any atom is 0.0358 e. The first kappa shape index (κ1) is 8.30. The van der Waals surface area contributed by atoms with Gasteiger partial charge in [-0.05, 0) is 5.92 Å². The predicted molar refractivity (Wildman–Crippen MR) is 39.1 cm³/mol. The van der Waals surface area contributed by atoms with E-state index in [2.05, 4.69) is 13.8 Å². The second-order valence-electron chi connectivity index (χ2n) is 2.43. The molecule has 0 bridgehead atoms. The normalized spacial score (nSPS) is 11.1. The van der Waals surface area contributed by atoms with Crippen molar-refractivity contribution in [2.24, 2.45) is 17.5 Å². The van der Waals surface area contributed by atoms with Crippen molar-refractivity contribution in [1.29, 1.82) is 0 Å². The summed E-state index contributed by atoms with van der Waals surface area (Å²) in [6.45, 7) is 5.04. The molecule has 0 saturated carbocycles. The highest BCUT2D eigenvalue weighted by Gasteiger charge is 1.94. The Balaban J connectivity index is 3.38. The topological polar surface area (TPSA) is 55.3 Å². The maximum absolute atomic E-state index is 5.45. The monoisotopic (exact) mass is 129 g/mol. The van der Waals surface area contributed by atoms with Crippen LogP contribution < -0.4 is 11.6 Å². The summed E-state index contributed by atoms with van der Waals surface area (Å²) in [5.41, 5.74) is 5.10. The Morgan fingerprint density at radius 1 is 1.56 bits per heavy atom. The molecule has 0 saturated heterocycles. The highest BCUT2D eigenvalue weighted by Crippen LogP contribution is 1.92. The number of nitrogens with two attached hydrogens (primary N) is 2. The van der Waals surface area contributed by atoms with Crippen LogP contribution in [0.5, 0.6) is 0 Å². The molecule has 0 aromatic carbocycles. The van der Waals surface area contributed by atoms with Crippen LogP contribution in [0.25, 0.3) is 0 Å². The molecular formula is C6H15N3. The molecule has 0 aromatic heterocycles. The summed E-state index contributed by atoms with van der Waals surface area (Å²) >= 11 is 0. The van der Waals surface area contributed by atoms with E-state index in [4.69, 9.17) is 11.6 Å². The average molecular weight is 129 g/mol. The molecule has 9 heavy (non-hydrogen) atoms. The van der Waals surface area contributed by atoms with Gasteiger partial charge in [0, 0.05) is 18.9 Å². The van der Waals surface area contributed by atoms with Crippen molar-refractivity contribution in [3.8, 4) is 0 Å². The maximum atomic E-state index is 5.45. The quantitative estimate of drug-likeness (QED) is 0.424. The van der Waals surface area contributed by atoms with E-state index in [9.17, 15) is 0 Å². The fraction of sp³-hybridized carbons (Fsp3) is 0.667. The van der Waals surface area contributed by atoms with Crippen molar-refractivity contribution >= 4 is 0 Å². The highest BCUT2D eigenvalue weighted by atomic mass is 15.4. The van der Waals surface area contributed by atoms with E-state index < -0.39 is 0 Å². The van der Waals surface area contributed by atoms with Gasteiger partial charge >= 0.3 is 0 Å². The lowest BCUT2D eigenvalue weighted by atomic mass is 10.2. The van der Waals surface area contributed by atoms with Gasteiger partial charge in [0.1, 0.15) is 0 Å². The number of hydrogen-bond acceptors (Lipinski definition) is 3. The molecule has 0 atom stereocenters. The summed E-state index contributed by atoms with van der Waals surface area (Å²) in [7, 11) is 0. The number of hydrogen-bond donors (Lipinski definition) is 2. The van der Waals surface area contributed by atoms with Crippen LogP contribution in [0.3, 0.4) is 0 Å². The Kier molecular flexibility index (Phi) is 3.88. The van der Waals surface area contributed by atoms with E-state index in [-0.39, 0.29) is 0 Å². The van der Waals surface area contributed by atoms with Crippen LogP contribution >= 0.6 is 0 Å². The predicted octanol–water partition coefficient (Wildman–Crippen LogP) is 0.248. The third kappa shape index (κ3) is 5.17. The molecule has 3 nitrogen and oxygen atoms in total. The first-order valence-electron chi connectivity index (χ1n) is 3.06. The molecule has 0 fully saturated rings. The van der Waals surface area contributed by atoms with Crippen molar-refractivity contribution in [2.75, 3.05) is 6.54 Å². The molecule has 0 aliphatic heterocycles. The van der Waals surface area contributed by atoms with Crippen molar-refractivity contribution in [3.05, 3.63) is 12.4 Å². The molecule has 0 heterocycles. The average Bonchev–Trinajstić information content (AvgIpc) is 1.63. The first-order chi connectivity index (χ1) is 4.16. The second-order valence-corrected chi connectivity index (χ2v) is 2.43. The minimum Gasteiger partial charge on any atom is -0.403 e. The van der Waals surface area contributed by atoms with E-state index in [1.807, 2.05) is 0 Å². The molecular weight excluding hydrogens is 114 g/mol. The second kappa shape index (κ2) is 4.21. The van der Waals surface area contributed by atoms with Crippen LogP contribution in [0.2, 0.25) is 0 Å². The molecule has 0 spiro atoms. The third-order valence-corrected chi connectivity index (χ3v) is 0.854. The third-order valence-electron chi connectivity index (χ3n) is 0.854. The lowest BCUT2D eigenvalue weighted by molar-refractivity contribution is 0.342. The van der Waals surface area contributed by atoms with Crippen LogP contribution in [0, 0.1) is 5.92 Å². The fourth-order valence-electron chi connectivity index (χ4n) is 0.593. The van der Waals surface area contributed by atoms with Crippen LogP contribution in [0.4, 0.5) is 0 Å². The largest absolute Gasteiger partial charge is 0.403 e. The molecule has 0 aliphatic carbocycles. The summed E-state index contributed by atoms with van der Waals surface area (Å²) < 4.78 is 0. The zero-order valence-corrected chi connectivity index (χ0v) is 6.04. The molecule has 0 aromatic rings. The van der Waals surface area contributed by atoms with Gasteiger partial charge in [0.05, 0.1) is 0 Å². The van der Waals surface area contributed by atoms with E-state index in [1.165, 1.54) is 6.20 Å². The lowest BCUT2D eigenvalue weighted by Crippen LogP contribution is -2.29. The van der Waals surface area contributed by atoms with Crippen LogP contribution in [0.1, 0.15) is 13.8 Å². The van der Waals surface area contributed by atoms with E-state index in [1.54, 1.807) is 11.2 Å².